The van der Waals surface area contributed by atoms with Crippen LogP contribution in [-0.4, -0.2) is 39.9 Å². The van der Waals surface area contributed by atoms with Gasteiger partial charge in [0.2, 0.25) is 12.1 Å². The van der Waals surface area contributed by atoms with Crippen molar-refractivity contribution >= 4 is 87.0 Å². The highest BCUT2D eigenvalue weighted by molar-refractivity contribution is 7.80. The Morgan fingerprint density at radius 3 is 2.39 bits per heavy atom. The molecule has 0 saturated carbocycles. The van der Waals surface area contributed by atoms with Crippen molar-refractivity contribution in [3.63, 3.8) is 0 Å². The molecule has 1 amide bonds. The number of nitrogens with one attached hydrogen (secondary N) is 2. The maximum Gasteiger partial charge on any atom is 0.272 e. The molecule has 7 nitrogen and oxygen atoms in total. The first-order valence-electron chi connectivity index (χ1n) is 9.40. The molecule has 0 saturated heterocycles. The van der Waals surface area contributed by atoms with E-state index in [0.29, 0.717) is 32.6 Å². The minimum Gasteiger partial charge on any atom is -0.333 e. The number of hydrogen-bond acceptors (Lipinski definition) is 5. The van der Waals surface area contributed by atoms with E-state index in [-0.39, 0.29) is 27.3 Å². The third-order valence-corrected chi connectivity index (χ3v) is 5.86. The van der Waals surface area contributed by atoms with Crippen LogP contribution in [0.15, 0.2) is 53.5 Å². The van der Waals surface area contributed by atoms with Gasteiger partial charge in [-0.1, -0.05) is 64.6 Å². The molecule has 168 valence electrons. The molecule has 2 N–H and O–H groups in total. The second-order valence-corrected chi connectivity index (χ2v) is 8.88. The standard InChI is InChI=1S/C21H14Cl4N6OS/c1-31-14-7-6-10(22)8-12(14)17(11-4-2-3-5-13(11)23)28-18(19(31)32)29-21(33)30-20-26-15(24)9-16(25)27-20/h2-9,18H,1H3,(H2,26,27,29,30,33). The summed E-state index contributed by atoms with van der Waals surface area (Å²) in [5.74, 6) is -0.278. The summed E-state index contributed by atoms with van der Waals surface area (Å²) in [6.45, 7) is 0. The molecule has 1 aromatic heterocycles. The molecule has 12 heteroatoms. The van der Waals surface area contributed by atoms with Gasteiger partial charge in [0.15, 0.2) is 5.11 Å². The van der Waals surface area contributed by atoms with Gasteiger partial charge in [0.25, 0.3) is 5.91 Å². The van der Waals surface area contributed by atoms with Crippen LogP contribution in [0.3, 0.4) is 0 Å². The summed E-state index contributed by atoms with van der Waals surface area (Å²) in [7, 11) is 1.64. The van der Waals surface area contributed by atoms with Crippen molar-refractivity contribution in [2.75, 3.05) is 17.3 Å². The Morgan fingerprint density at radius 1 is 1.00 bits per heavy atom. The quantitative estimate of drug-likeness (QED) is 0.351. The van der Waals surface area contributed by atoms with Crippen LogP contribution < -0.4 is 15.5 Å². The number of carbonyl (C=O) groups is 1. The van der Waals surface area contributed by atoms with E-state index in [0.717, 1.165) is 0 Å². The largest absolute Gasteiger partial charge is 0.333 e. The molecule has 1 unspecified atom stereocenters. The lowest BCUT2D eigenvalue weighted by Gasteiger charge is -2.21. The number of amides is 1. The van der Waals surface area contributed by atoms with Crippen LogP contribution in [0.1, 0.15) is 11.1 Å². The molecule has 1 atom stereocenters. The number of aliphatic imine (C=N–C) groups is 1. The van der Waals surface area contributed by atoms with E-state index in [1.807, 2.05) is 18.2 Å². The number of benzene rings is 2. The summed E-state index contributed by atoms with van der Waals surface area (Å²) in [4.78, 5) is 27.5. The molecule has 4 rings (SSSR count). The van der Waals surface area contributed by atoms with Crippen LogP contribution in [-0.2, 0) is 4.79 Å². The second kappa shape index (κ2) is 9.79. The van der Waals surface area contributed by atoms with Crippen LogP contribution in [0, 0.1) is 0 Å². The van der Waals surface area contributed by atoms with Gasteiger partial charge >= 0.3 is 0 Å². The number of anilines is 2. The van der Waals surface area contributed by atoms with Gasteiger partial charge < -0.3 is 15.5 Å². The Kier molecular flexibility index (Phi) is 7.02. The van der Waals surface area contributed by atoms with Crippen LogP contribution in [0.2, 0.25) is 20.4 Å². The Bertz CT molecular complexity index is 1280. The summed E-state index contributed by atoms with van der Waals surface area (Å²) in [5.41, 5.74) is 2.40. The number of aromatic nitrogens is 2. The Balaban J connectivity index is 1.74. The Labute approximate surface area is 214 Å². The zero-order chi connectivity index (χ0) is 23.7. The zero-order valence-electron chi connectivity index (χ0n) is 16.8. The molecule has 0 fully saturated rings. The van der Waals surface area contributed by atoms with Crippen molar-refractivity contribution < 1.29 is 4.79 Å². The maximum atomic E-state index is 13.3. The van der Waals surface area contributed by atoms with E-state index in [1.54, 1.807) is 31.3 Å². The van der Waals surface area contributed by atoms with Crippen molar-refractivity contribution in [3.8, 4) is 0 Å². The molecular formula is C21H14Cl4N6OS. The van der Waals surface area contributed by atoms with Gasteiger partial charge in [-0.3, -0.25) is 4.79 Å². The van der Waals surface area contributed by atoms with E-state index in [1.165, 1.54) is 11.0 Å². The average Bonchev–Trinajstić information content (AvgIpc) is 2.84. The fourth-order valence-corrected chi connectivity index (χ4v) is 4.24. The third-order valence-electron chi connectivity index (χ3n) is 4.68. The number of benzodiazepines with no additional fused rings is 1. The van der Waals surface area contributed by atoms with Gasteiger partial charge in [0.05, 0.1) is 11.4 Å². The summed E-state index contributed by atoms with van der Waals surface area (Å²) in [5, 5.41) is 6.95. The number of fused-ring (bicyclic) bond motifs is 1. The fourth-order valence-electron chi connectivity index (χ4n) is 3.22. The second-order valence-electron chi connectivity index (χ2n) is 6.85. The molecule has 0 bridgehead atoms. The molecule has 3 aromatic rings. The number of rotatable bonds is 3. The molecule has 0 radical (unpaired) electrons. The van der Waals surface area contributed by atoms with E-state index < -0.39 is 6.17 Å². The van der Waals surface area contributed by atoms with Crippen molar-refractivity contribution in [1.82, 2.24) is 15.3 Å². The number of thiocarbonyl (C=S) groups is 1. The normalized spacial score (nSPS) is 15.4. The number of hydrogen-bond donors (Lipinski definition) is 2. The molecular weight excluding hydrogens is 526 g/mol. The van der Waals surface area contributed by atoms with Crippen LogP contribution in [0.5, 0.6) is 0 Å². The molecule has 1 aliphatic rings. The van der Waals surface area contributed by atoms with Gasteiger partial charge in [-0.05, 0) is 36.5 Å². The average molecular weight is 540 g/mol. The number of likely N-dealkylation sites (N-methyl/N-ethyl adjacent to an activating group) is 1. The number of carbonyl (C=O) groups excluding carboxylic acids is 1. The summed E-state index contributed by atoms with van der Waals surface area (Å²) >= 11 is 29.9. The van der Waals surface area contributed by atoms with Crippen molar-refractivity contribution in [3.05, 3.63) is 80.0 Å². The lowest BCUT2D eigenvalue weighted by atomic mass is 10.00. The van der Waals surface area contributed by atoms with Gasteiger partial charge in [0, 0.05) is 34.3 Å². The molecule has 2 aromatic carbocycles. The minimum absolute atomic E-state index is 0.0475. The highest BCUT2D eigenvalue weighted by Crippen LogP contribution is 2.31. The van der Waals surface area contributed by atoms with Crippen LogP contribution >= 0.6 is 58.6 Å². The van der Waals surface area contributed by atoms with Crippen LogP contribution in [0.4, 0.5) is 11.6 Å². The van der Waals surface area contributed by atoms with E-state index in [9.17, 15) is 4.79 Å². The fraction of sp³-hybridized carbons (Fsp3) is 0.0952. The summed E-state index contributed by atoms with van der Waals surface area (Å²) in [6, 6.07) is 13.8. The van der Waals surface area contributed by atoms with E-state index >= 15 is 0 Å². The predicted molar refractivity (Wildman–Crippen MR) is 137 cm³/mol. The smallest absolute Gasteiger partial charge is 0.272 e. The first-order valence-corrected chi connectivity index (χ1v) is 11.3. The van der Waals surface area contributed by atoms with Crippen molar-refractivity contribution in [1.29, 1.82) is 0 Å². The minimum atomic E-state index is -1.08. The van der Waals surface area contributed by atoms with Gasteiger partial charge in [-0.2, -0.15) is 0 Å². The number of nitrogens with zero attached hydrogens (tertiary/aromatic N) is 4. The highest BCUT2D eigenvalue weighted by atomic mass is 35.5. The zero-order valence-corrected chi connectivity index (χ0v) is 20.7. The molecule has 33 heavy (non-hydrogen) atoms. The van der Waals surface area contributed by atoms with Crippen molar-refractivity contribution in [2.45, 2.75) is 6.17 Å². The lowest BCUT2D eigenvalue weighted by Crippen LogP contribution is -2.47. The Hall–Kier alpha value is -2.49. The first-order chi connectivity index (χ1) is 15.7. The van der Waals surface area contributed by atoms with Gasteiger partial charge in [0.1, 0.15) is 10.3 Å². The summed E-state index contributed by atoms with van der Waals surface area (Å²) < 4.78 is 0. The monoisotopic (exact) mass is 538 g/mol. The van der Waals surface area contributed by atoms with Gasteiger partial charge in [-0.15, -0.1) is 0 Å². The topological polar surface area (TPSA) is 82.5 Å². The Morgan fingerprint density at radius 2 is 1.70 bits per heavy atom. The lowest BCUT2D eigenvalue weighted by molar-refractivity contribution is -0.119. The van der Waals surface area contributed by atoms with Crippen LogP contribution in [0.25, 0.3) is 0 Å². The molecule has 0 spiro atoms. The maximum absolute atomic E-state index is 13.3. The predicted octanol–water partition coefficient (Wildman–Crippen LogP) is 5.22. The SMILES string of the molecule is CN1C(=O)C(NC(=S)Nc2nc(Cl)cc(Cl)n2)N=C(c2ccccc2Cl)c2cc(Cl)ccc21. The molecule has 2 heterocycles. The van der Waals surface area contributed by atoms with Gasteiger partial charge in [-0.25, -0.2) is 15.0 Å². The highest BCUT2D eigenvalue weighted by Gasteiger charge is 2.31. The van der Waals surface area contributed by atoms with E-state index in [2.05, 4.69) is 25.6 Å². The first kappa shape index (κ1) is 23.7. The molecule has 0 aliphatic carbocycles. The molecule has 1 aliphatic heterocycles. The van der Waals surface area contributed by atoms with Crippen molar-refractivity contribution in [2.24, 2.45) is 4.99 Å². The summed E-state index contributed by atoms with van der Waals surface area (Å²) in [6.07, 6.45) is -1.08. The number of halogens is 4. The van der Waals surface area contributed by atoms with E-state index in [4.69, 9.17) is 58.6 Å². The third kappa shape index (κ3) is 5.20.